The number of alkyl halides is 2. The highest BCUT2D eigenvalue weighted by Crippen LogP contribution is 2.40. The molecule has 0 bridgehead atoms. The van der Waals surface area contributed by atoms with Crippen LogP contribution < -0.4 is 10.1 Å². The molecule has 1 saturated carbocycles. The van der Waals surface area contributed by atoms with Crippen LogP contribution in [0.1, 0.15) is 51.1 Å². The van der Waals surface area contributed by atoms with Crippen molar-refractivity contribution in [2.24, 2.45) is 5.92 Å². The van der Waals surface area contributed by atoms with Crippen molar-refractivity contribution in [2.75, 3.05) is 25.5 Å². The van der Waals surface area contributed by atoms with Crippen molar-refractivity contribution in [3.05, 3.63) is 41.2 Å². The number of piperidine rings is 1. The third kappa shape index (κ3) is 5.20. The van der Waals surface area contributed by atoms with Gasteiger partial charge in [0.25, 0.3) is 5.91 Å². The summed E-state index contributed by atoms with van der Waals surface area (Å²) in [6, 6.07) is 6.37. The van der Waals surface area contributed by atoms with Crippen LogP contribution in [-0.4, -0.2) is 59.4 Å². The molecule has 0 atom stereocenters. The Morgan fingerprint density at radius 2 is 1.89 bits per heavy atom. The molecule has 0 spiro atoms. The Bertz CT molecular complexity index is 1100. The second-order valence-corrected chi connectivity index (χ2v) is 10.1. The van der Waals surface area contributed by atoms with Crippen molar-refractivity contribution >= 4 is 29.2 Å². The van der Waals surface area contributed by atoms with Crippen LogP contribution in [0.5, 0.6) is 5.75 Å². The zero-order valence-corrected chi connectivity index (χ0v) is 21.3. The van der Waals surface area contributed by atoms with Crippen LogP contribution >= 0.6 is 11.6 Å². The zero-order valence-electron chi connectivity index (χ0n) is 20.5. The Balaban J connectivity index is 1.58. The zero-order chi connectivity index (χ0) is 26.0. The number of anilines is 1. The van der Waals surface area contributed by atoms with Crippen molar-refractivity contribution in [3.63, 3.8) is 0 Å². The second kappa shape index (κ2) is 10.7. The predicted molar refractivity (Wildman–Crippen MR) is 130 cm³/mol. The quantitative estimate of drug-likeness (QED) is 0.506. The maximum Gasteiger partial charge on any atom is 0.387 e. The standard InChI is InChI=1S/C25H31ClF2N4O4/c1-15(2)20-6-9-29-32(20)25(7-10-31(11-8-25)18-12-16(13-18)22(33)35-3)23(34)30-19-5-4-17(26)14-21(19)36-24(27)28/h4-6,9,14-16,18,24H,7-8,10-13H2,1-3H3,(H,30,34). The van der Waals surface area contributed by atoms with E-state index in [4.69, 9.17) is 16.3 Å². The fourth-order valence-electron chi connectivity index (χ4n) is 5.18. The summed E-state index contributed by atoms with van der Waals surface area (Å²) in [4.78, 5) is 28.0. The minimum Gasteiger partial charge on any atom is -0.469 e. The summed E-state index contributed by atoms with van der Waals surface area (Å²) in [7, 11) is 1.40. The fourth-order valence-corrected chi connectivity index (χ4v) is 5.34. The van der Waals surface area contributed by atoms with Crippen LogP contribution in [0.2, 0.25) is 5.02 Å². The monoisotopic (exact) mass is 524 g/mol. The number of rotatable bonds is 8. The molecule has 1 N–H and O–H groups in total. The lowest BCUT2D eigenvalue weighted by atomic mass is 9.77. The van der Waals surface area contributed by atoms with Gasteiger partial charge in [-0.15, -0.1) is 0 Å². The van der Waals surface area contributed by atoms with Gasteiger partial charge in [0.1, 0.15) is 5.54 Å². The Hall–Kier alpha value is -2.72. The third-order valence-corrected chi connectivity index (χ3v) is 7.52. The van der Waals surface area contributed by atoms with Gasteiger partial charge in [-0.1, -0.05) is 25.4 Å². The lowest BCUT2D eigenvalue weighted by Gasteiger charge is -2.48. The minimum atomic E-state index is -3.06. The summed E-state index contributed by atoms with van der Waals surface area (Å²) in [5, 5.41) is 7.56. The molecular formula is C25H31ClF2N4O4. The molecule has 4 rings (SSSR count). The summed E-state index contributed by atoms with van der Waals surface area (Å²) < 4.78 is 37.2. The average molecular weight is 525 g/mol. The predicted octanol–water partition coefficient (Wildman–Crippen LogP) is 4.64. The number of amides is 1. The molecule has 2 aromatic rings. The highest BCUT2D eigenvalue weighted by atomic mass is 35.5. The number of aromatic nitrogens is 2. The lowest BCUT2D eigenvalue weighted by Crippen LogP contribution is -2.58. The number of ether oxygens (including phenoxy) is 2. The molecule has 0 unspecified atom stereocenters. The smallest absolute Gasteiger partial charge is 0.387 e. The van der Waals surface area contributed by atoms with Gasteiger partial charge in [-0.25, -0.2) is 0 Å². The number of nitrogens with zero attached hydrogens (tertiary/aromatic N) is 3. The maximum absolute atomic E-state index is 13.9. The van der Waals surface area contributed by atoms with Crippen LogP contribution in [0.15, 0.2) is 30.5 Å². The van der Waals surface area contributed by atoms with Gasteiger partial charge >= 0.3 is 12.6 Å². The molecule has 8 nitrogen and oxygen atoms in total. The first-order chi connectivity index (χ1) is 17.1. The number of methoxy groups -OCH3 is 1. The molecule has 1 saturated heterocycles. The van der Waals surface area contributed by atoms with Gasteiger partial charge in [0.05, 0.1) is 18.7 Å². The first-order valence-corrected chi connectivity index (χ1v) is 12.4. The molecule has 2 fully saturated rings. The fraction of sp³-hybridized carbons (Fsp3) is 0.560. The van der Waals surface area contributed by atoms with Gasteiger partial charge in [0, 0.05) is 42.1 Å². The maximum atomic E-state index is 13.9. The van der Waals surface area contributed by atoms with E-state index in [1.807, 2.05) is 19.9 Å². The lowest BCUT2D eigenvalue weighted by molar-refractivity contribution is -0.151. The molecule has 2 aliphatic rings. The first kappa shape index (κ1) is 26.3. The highest BCUT2D eigenvalue weighted by Gasteiger charge is 2.48. The van der Waals surface area contributed by atoms with E-state index in [0.717, 1.165) is 18.5 Å². The third-order valence-electron chi connectivity index (χ3n) is 7.29. The molecule has 1 aromatic heterocycles. The van der Waals surface area contributed by atoms with E-state index >= 15 is 0 Å². The van der Waals surface area contributed by atoms with E-state index in [2.05, 4.69) is 20.1 Å². The number of halogens is 3. The highest BCUT2D eigenvalue weighted by molar-refractivity contribution is 6.30. The Kier molecular flexibility index (Phi) is 7.85. The summed E-state index contributed by atoms with van der Waals surface area (Å²) in [6.45, 7) is 2.26. The van der Waals surface area contributed by atoms with E-state index in [1.165, 1.54) is 25.3 Å². The number of nitrogens with one attached hydrogen (secondary N) is 1. The van der Waals surface area contributed by atoms with Gasteiger partial charge in [-0.05, 0) is 49.8 Å². The van der Waals surface area contributed by atoms with Gasteiger partial charge in [0.2, 0.25) is 0 Å². The van der Waals surface area contributed by atoms with Crippen LogP contribution in [0.25, 0.3) is 0 Å². The summed E-state index contributed by atoms with van der Waals surface area (Å²) in [5.74, 6) is -0.691. The van der Waals surface area contributed by atoms with E-state index < -0.39 is 12.2 Å². The molecular weight excluding hydrogens is 494 g/mol. The number of carbonyl (C=O) groups is 2. The van der Waals surface area contributed by atoms with Crippen LogP contribution in [0.4, 0.5) is 14.5 Å². The van der Waals surface area contributed by atoms with E-state index in [9.17, 15) is 18.4 Å². The SMILES string of the molecule is COC(=O)C1CC(N2CCC(C(=O)Nc3ccc(Cl)cc3OC(F)F)(n3nccc3C(C)C)CC2)C1. The summed E-state index contributed by atoms with van der Waals surface area (Å²) in [6.07, 6.45) is 4.10. The van der Waals surface area contributed by atoms with E-state index in [1.54, 1.807) is 10.9 Å². The van der Waals surface area contributed by atoms with Crippen molar-refractivity contribution in [1.29, 1.82) is 0 Å². The molecule has 36 heavy (non-hydrogen) atoms. The molecule has 0 radical (unpaired) electrons. The first-order valence-electron chi connectivity index (χ1n) is 12.1. The summed E-state index contributed by atoms with van der Waals surface area (Å²) >= 11 is 5.97. The number of benzene rings is 1. The second-order valence-electron chi connectivity index (χ2n) is 9.71. The topological polar surface area (TPSA) is 85.7 Å². The molecule has 1 aromatic carbocycles. The normalized spacial score (nSPS) is 21.8. The Labute approximate surface area is 213 Å². The van der Waals surface area contributed by atoms with E-state index in [-0.39, 0.29) is 46.2 Å². The van der Waals surface area contributed by atoms with E-state index in [0.29, 0.717) is 25.9 Å². The largest absolute Gasteiger partial charge is 0.469 e. The van der Waals surface area contributed by atoms with Crippen molar-refractivity contribution in [2.45, 2.75) is 63.6 Å². The molecule has 1 amide bonds. The van der Waals surface area contributed by atoms with Crippen LogP contribution in [0.3, 0.4) is 0 Å². The number of hydrogen-bond donors (Lipinski definition) is 1. The van der Waals surface area contributed by atoms with Crippen molar-refractivity contribution in [3.8, 4) is 5.75 Å². The minimum absolute atomic E-state index is 0.0770. The van der Waals surface area contributed by atoms with Crippen LogP contribution in [0, 0.1) is 5.92 Å². The van der Waals surface area contributed by atoms with Gasteiger partial charge in [-0.3, -0.25) is 14.3 Å². The van der Waals surface area contributed by atoms with Crippen molar-refractivity contribution < 1.29 is 27.8 Å². The molecule has 196 valence electrons. The Morgan fingerprint density at radius 3 is 2.50 bits per heavy atom. The van der Waals surface area contributed by atoms with Crippen molar-refractivity contribution in [1.82, 2.24) is 14.7 Å². The number of esters is 1. The molecule has 11 heteroatoms. The molecule has 1 aliphatic heterocycles. The molecule has 1 aliphatic carbocycles. The number of likely N-dealkylation sites (tertiary alicyclic amines) is 1. The number of carbonyl (C=O) groups excluding carboxylic acids is 2. The van der Waals surface area contributed by atoms with Gasteiger partial charge in [0.15, 0.2) is 5.75 Å². The average Bonchev–Trinajstić information content (AvgIpc) is 3.31. The summed E-state index contributed by atoms with van der Waals surface area (Å²) in [5.41, 5.74) is 0.00477. The molecule has 2 heterocycles. The van der Waals surface area contributed by atoms with Gasteiger partial charge in [-0.2, -0.15) is 13.9 Å². The van der Waals surface area contributed by atoms with Gasteiger partial charge < -0.3 is 19.7 Å². The number of hydrogen-bond acceptors (Lipinski definition) is 6. The van der Waals surface area contributed by atoms with Crippen LogP contribution in [-0.2, 0) is 19.9 Å². The Morgan fingerprint density at radius 1 is 1.19 bits per heavy atom.